The molecule has 0 radical (unpaired) electrons. The third-order valence-electron chi connectivity index (χ3n) is 3.86. The van der Waals surface area contributed by atoms with E-state index in [1.165, 1.54) is 4.70 Å². The highest BCUT2D eigenvalue weighted by molar-refractivity contribution is 7.26. The minimum Gasteiger partial charge on any atom is -0.399 e. The van der Waals surface area contributed by atoms with E-state index in [0.717, 1.165) is 38.2 Å². The summed E-state index contributed by atoms with van der Waals surface area (Å²) >= 11 is 1.68. The van der Waals surface area contributed by atoms with E-state index in [2.05, 4.69) is 29.2 Å². The van der Waals surface area contributed by atoms with Crippen molar-refractivity contribution in [3.63, 3.8) is 0 Å². The first kappa shape index (κ1) is 13.0. The molecule has 2 aromatic carbocycles. The van der Waals surface area contributed by atoms with Crippen LogP contribution in [0.1, 0.15) is 0 Å². The van der Waals surface area contributed by atoms with Crippen LogP contribution in [0.25, 0.3) is 31.4 Å². The van der Waals surface area contributed by atoms with Gasteiger partial charge in [0.05, 0.1) is 7.05 Å². The standard InChI is InChI=1S/C17H14N4S/c1-21-9-20-15-13-6-5-11(10-3-2-4-12(18)7-10)8-14(13)22-16(15)17(21)19/h2-9,19H,18H2,1H3/p+1. The monoisotopic (exact) mass is 307 g/mol. The molecule has 0 fully saturated rings. The first-order chi connectivity index (χ1) is 10.6. The smallest absolute Gasteiger partial charge is 0.240 e. The molecule has 0 unspecified atom stereocenters. The Bertz CT molecular complexity index is 1020. The molecule has 22 heavy (non-hydrogen) atoms. The van der Waals surface area contributed by atoms with Gasteiger partial charge in [0.25, 0.3) is 0 Å². The van der Waals surface area contributed by atoms with Gasteiger partial charge in [0, 0.05) is 15.8 Å². The normalized spacial score (nSPS) is 11.3. The van der Waals surface area contributed by atoms with Crippen molar-refractivity contribution < 1.29 is 4.57 Å². The molecule has 2 heterocycles. The molecule has 0 aliphatic heterocycles. The third kappa shape index (κ3) is 1.90. The molecule has 0 spiro atoms. The highest BCUT2D eigenvalue weighted by Crippen LogP contribution is 2.36. The largest absolute Gasteiger partial charge is 0.399 e. The number of anilines is 2. The Labute approximate surface area is 131 Å². The van der Waals surface area contributed by atoms with E-state index in [9.17, 15) is 0 Å². The average molecular weight is 307 g/mol. The second-order valence-electron chi connectivity index (χ2n) is 5.36. The Morgan fingerprint density at radius 1 is 1.05 bits per heavy atom. The van der Waals surface area contributed by atoms with Crippen molar-refractivity contribution in [2.75, 3.05) is 11.5 Å². The molecule has 2 aromatic heterocycles. The lowest BCUT2D eigenvalue weighted by Gasteiger charge is -2.02. The number of nitrogens with zero attached hydrogens (tertiary/aromatic N) is 2. The Hall–Kier alpha value is -2.66. The predicted octanol–water partition coefficient (Wildman–Crippen LogP) is 3.11. The van der Waals surface area contributed by atoms with Gasteiger partial charge in [-0.1, -0.05) is 18.2 Å². The van der Waals surface area contributed by atoms with Crippen molar-refractivity contribution in [1.29, 1.82) is 0 Å². The molecule has 0 bridgehead atoms. The number of hydrogen-bond donors (Lipinski definition) is 2. The van der Waals surface area contributed by atoms with E-state index in [0.29, 0.717) is 0 Å². The molecule has 4 rings (SSSR count). The molecule has 108 valence electrons. The zero-order chi connectivity index (χ0) is 15.3. The van der Waals surface area contributed by atoms with Gasteiger partial charge in [0.2, 0.25) is 12.1 Å². The van der Waals surface area contributed by atoms with Crippen molar-refractivity contribution >= 4 is 43.1 Å². The van der Waals surface area contributed by atoms with Crippen LogP contribution in [0.3, 0.4) is 0 Å². The fourth-order valence-corrected chi connectivity index (χ4v) is 3.84. The van der Waals surface area contributed by atoms with Crippen LogP contribution in [0.2, 0.25) is 0 Å². The van der Waals surface area contributed by atoms with Gasteiger partial charge in [-0.15, -0.1) is 16.3 Å². The zero-order valence-electron chi connectivity index (χ0n) is 12.1. The number of thiophene rings is 1. The van der Waals surface area contributed by atoms with E-state index in [1.807, 2.05) is 29.8 Å². The summed E-state index contributed by atoms with van der Waals surface area (Å²) in [4.78, 5) is 4.52. The fraction of sp³-hybridized carbons (Fsp3) is 0.0588. The van der Waals surface area contributed by atoms with Crippen molar-refractivity contribution in [3.8, 4) is 11.1 Å². The van der Waals surface area contributed by atoms with Crippen LogP contribution in [0, 0.1) is 0 Å². The Morgan fingerprint density at radius 2 is 1.86 bits per heavy atom. The fourth-order valence-electron chi connectivity index (χ4n) is 2.65. The number of aromatic nitrogens is 2. The van der Waals surface area contributed by atoms with Gasteiger partial charge in [0.15, 0.2) is 5.52 Å². The maximum absolute atomic E-state index is 6.17. The van der Waals surface area contributed by atoms with Gasteiger partial charge < -0.3 is 11.5 Å². The summed E-state index contributed by atoms with van der Waals surface area (Å²) in [5, 5.41) is 1.14. The summed E-state index contributed by atoms with van der Waals surface area (Å²) in [5.74, 6) is 0.747. The van der Waals surface area contributed by atoms with E-state index < -0.39 is 0 Å². The second kappa shape index (κ2) is 4.68. The lowest BCUT2D eigenvalue weighted by Crippen LogP contribution is -2.32. The van der Waals surface area contributed by atoms with Gasteiger partial charge >= 0.3 is 0 Å². The first-order valence-electron chi connectivity index (χ1n) is 6.96. The van der Waals surface area contributed by atoms with Crippen molar-refractivity contribution in [1.82, 2.24) is 4.98 Å². The minimum atomic E-state index is 0.747. The number of fused-ring (bicyclic) bond motifs is 3. The highest BCUT2D eigenvalue weighted by atomic mass is 32.1. The van der Waals surface area contributed by atoms with Crippen LogP contribution >= 0.6 is 11.3 Å². The maximum Gasteiger partial charge on any atom is 0.240 e. The number of aryl methyl sites for hydroxylation is 1. The number of rotatable bonds is 1. The molecule has 0 aliphatic rings. The number of benzene rings is 2. The van der Waals surface area contributed by atoms with Crippen molar-refractivity contribution in [3.05, 3.63) is 48.8 Å². The molecule has 5 heteroatoms. The molecule has 0 amide bonds. The number of nitrogen functional groups attached to an aromatic ring is 2. The van der Waals surface area contributed by atoms with Crippen molar-refractivity contribution in [2.45, 2.75) is 0 Å². The van der Waals surface area contributed by atoms with Gasteiger partial charge in [-0.2, -0.15) is 0 Å². The molecule has 4 N–H and O–H groups in total. The zero-order valence-corrected chi connectivity index (χ0v) is 12.9. The molecular weight excluding hydrogens is 292 g/mol. The summed E-state index contributed by atoms with van der Waals surface area (Å²) in [6.07, 6.45) is 1.76. The lowest BCUT2D eigenvalue weighted by molar-refractivity contribution is -0.658. The predicted molar refractivity (Wildman–Crippen MR) is 92.6 cm³/mol. The number of hydrogen-bond acceptors (Lipinski definition) is 4. The quantitative estimate of drug-likeness (QED) is 0.419. The Kier molecular flexibility index (Phi) is 2.77. The summed E-state index contributed by atoms with van der Waals surface area (Å²) < 4.78 is 4.06. The first-order valence-corrected chi connectivity index (χ1v) is 7.77. The van der Waals surface area contributed by atoms with Crippen LogP contribution in [-0.2, 0) is 7.05 Å². The summed E-state index contributed by atoms with van der Waals surface area (Å²) in [7, 11) is 1.91. The van der Waals surface area contributed by atoms with E-state index in [4.69, 9.17) is 11.5 Å². The number of nitrogens with two attached hydrogens (primary N) is 2. The molecular formula is C17H15N4S+. The van der Waals surface area contributed by atoms with E-state index in [1.54, 1.807) is 17.7 Å². The van der Waals surface area contributed by atoms with E-state index >= 15 is 0 Å². The Morgan fingerprint density at radius 3 is 2.68 bits per heavy atom. The van der Waals surface area contributed by atoms with Crippen molar-refractivity contribution in [2.24, 2.45) is 7.05 Å². The molecule has 4 nitrogen and oxygen atoms in total. The lowest BCUT2D eigenvalue weighted by atomic mass is 10.0. The highest BCUT2D eigenvalue weighted by Gasteiger charge is 2.15. The van der Waals surface area contributed by atoms with Crippen LogP contribution in [-0.4, -0.2) is 4.98 Å². The molecule has 0 saturated carbocycles. The molecule has 0 atom stereocenters. The van der Waals surface area contributed by atoms with E-state index in [-0.39, 0.29) is 0 Å². The molecule has 0 aliphatic carbocycles. The summed E-state index contributed by atoms with van der Waals surface area (Å²) in [5.41, 5.74) is 16.0. The van der Waals surface area contributed by atoms with Crippen LogP contribution < -0.4 is 16.0 Å². The topological polar surface area (TPSA) is 68.8 Å². The summed E-state index contributed by atoms with van der Waals surface area (Å²) in [6.45, 7) is 0. The van der Waals surface area contributed by atoms with Gasteiger partial charge in [-0.25, -0.2) is 4.57 Å². The SMILES string of the molecule is C[n+]1cnc2c(sc3cc(-c4cccc(N)c4)ccc32)c1N. The van der Waals surface area contributed by atoms with Crippen LogP contribution in [0.5, 0.6) is 0 Å². The minimum absolute atomic E-state index is 0.747. The third-order valence-corrected chi connectivity index (χ3v) is 5.02. The molecule has 0 saturated heterocycles. The van der Waals surface area contributed by atoms with Gasteiger partial charge in [0.1, 0.15) is 4.70 Å². The molecule has 4 aromatic rings. The van der Waals surface area contributed by atoms with Gasteiger partial charge in [-0.3, -0.25) is 0 Å². The Balaban J connectivity index is 1.98. The second-order valence-corrected chi connectivity index (χ2v) is 6.41. The van der Waals surface area contributed by atoms with Crippen LogP contribution in [0.15, 0.2) is 48.8 Å². The summed E-state index contributed by atoms with van der Waals surface area (Å²) in [6, 6.07) is 14.3. The average Bonchev–Trinajstić information content (AvgIpc) is 2.89. The van der Waals surface area contributed by atoms with Crippen LogP contribution in [0.4, 0.5) is 11.5 Å². The van der Waals surface area contributed by atoms with Gasteiger partial charge in [-0.05, 0) is 35.4 Å². The maximum atomic E-state index is 6.17.